The number of nitrogens with zero attached hydrogens (tertiary/aromatic N) is 4. The molecule has 1 aliphatic carbocycles. The van der Waals surface area contributed by atoms with Crippen LogP contribution in [-0.4, -0.2) is 44.8 Å². The molecule has 3 N–H and O–H groups in total. The molecule has 1 aliphatic heterocycles. The van der Waals surface area contributed by atoms with Gasteiger partial charge in [-0.15, -0.1) is 0 Å². The smallest absolute Gasteiger partial charge is 0.229 e. The van der Waals surface area contributed by atoms with Crippen molar-refractivity contribution in [1.29, 1.82) is 0 Å². The van der Waals surface area contributed by atoms with E-state index in [1.807, 2.05) is 30.0 Å². The Balaban J connectivity index is 1.38. The van der Waals surface area contributed by atoms with E-state index in [0.717, 1.165) is 27.6 Å². The molecule has 3 aromatic rings. The number of nitrogens with two attached hydrogens (primary N) is 1. The standard InChI is InChI=1S/C22H22N6O2/c1-11-3-4-24-7-14(11)18-5-13-6-19(25-8-15(13)21(23)26-18)27-22(30)20-16-9-28(12(2)29)10-17(16)20/h3-8,16-17,20H,9-10H2,1-2H3,(H2,23,26)(H,25,27,30)/t16-,17+,20?. The fourth-order valence-corrected chi connectivity index (χ4v) is 4.49. The lowest BCUT2D eigenvalue weighted by atomic mass is 10.1. The third-order valence-corrected chi connectivity index (χ3v) is 6.25. The van der Waals surface area contributed by atoms with Crippen molar-refractivity contribution in [3.8, 4) is 11.3 Å². The summed E-state index contributed by atoms with van der Waals surface area (Å²) in [4.78, 5) is 39.0. The number of fused-ring (bicyclic) bond motifs is 2. The van der Waals surface area contributed by atoms with Crippen LogP contribution in [0.4, 0.5) is 11.6 Å². The lowest BCUT2D eigenvalue weighted by Crippen LogP contribution is -2.31. The van der Waals surface area contributed by atoms with Crippen molar-refractivity contribution < 1.29 is 9.59 Å². The molecule has 1 unspecified atom stereocenters. The Hall–Kier alpha value is -3.55. The zero-order valence-electron chi connectivity index (χ0n) is 16.8. The second-order valence-corrected chi connectivity index (χ2v) is 8.14. The fourth-order valence-electron chi connectivity index (χ4n) is 4.49. The average Bonchev–Trinajstić information content (AvgIpc) is 3.21. The number of amides is 2. The van der Waals surface area contributed by atoms with Crippen molar-refractivity contribution >= 4 is 34.2 Å². The highest BCUT2D eigenvalue weighted by molar-refractivity contribution is 5.99. The summed E-state index contributed by atoms with van der Waals surface area (Å²) in [5.74, 6) is 1.38. The third-order valence-electron chi connectivity index (χ3n) is 6.25. The lowest BCUT2D eigenvalue weighted by molar-refractivity contribution is -0.129. The van der Waals surface area contributed by atoms with E-state index in [1.54, 1.807) is 25.5 Å². The molecule has 0 radical (unpaired) electrons. The summed E-state index contributed by atoms with van der Waals surface area (Å²) in [6.45, 7) is 4.90. The molecule has 1 saturated heterocycles. The first kappa shape index (κ1) is 18.5. The molecule has 2 aliphatic rings. The van der Waals surface area contributed by atoms with Gasteiger partial charge >= 0.3 is 0 Å². The van der Waals surface area contributed by atoms with E-state index in [4.69, 9.17) is 5.73 Å². The van der Waals surface area contributed by atoms with Crippen LogP contribution >= 0.6 is 0 Å². The van der Waals surface area contributed by atoms with Gasteiger partial charge < -0.3 is 16.0 Å². The molecule has 0 spiro atoms. The van der Waals surface area contributed by atoms with Crippen molar-refractivity contribution in [1.82, 2.24) is 19.9 Å². The minimum Gasteiger partial charge on any atom is -0.383 e. The number of carbonyl (C=O) groups is 2. The van der Waals surface area contributed by atoms with Gasteiger partial charge in [-0.3, -0.25) is 14.6 Å². The monoisotopic (exact) mass is 402 g/mol. The Kier molecular flexibility index (Phi) is 4.16. The Labute approximate surface area is 173 Å². The highest BCUT2D eigenvalue weighted by Gasteiger charge is 2.59. The molecule has 152 valence electrons. The molecule has 0 bridgehead atoms. The van der Waals surface area contributed by atoms with Crippen molar-refractivity contribution in [2.75, 3.05) is 24.1 Å². The number of rotatable bonds is 3. The zero-order chi connectivity index (χ0) is 21.0. The number of hydrogen-bond donors (Lipinski definition) is 2. The molecule has 30 heavy (non-hydrogen) atoms. The van der Waals surface area contributed by atoms with E-state index in [9.17, 15) is 9.59 Å². The number of aromatic nitrogens is 3. The van der Waals surface area contributed by atoms with Crippen molar-refractivity contribution in [3.05, 3.63) is 42.4 Å². The summed E-state index contributed by atoms with van der Waals surface area (Å²) < 4.78 is 0. The summed E-state index contributed by atoms with van der Waals surface area (Å²) in [5, 5.41) is 4.52. The molecule has 8 nitrogen and oxygen atoms in total. The van der Waals surface area contributed by atoms with E-state index < -0.39 is 0 Å². The van der Waals surface area contributed by atoms with Crippen LogP contribution in [0.1, 0.15) is 12.5 Å². The van der Waals surface area contributed by atoms with Gasteiger partial charge in [0.05, 0.1) is 5.69 Å². The number of nitrogen functional groups attached to an aromatic ring is 1. The van der Waals surface area contributed by atoms with Gasteiger partial charge in [0.15, 0.2) is 0 Å². The number of likely N-dealkylation sites (tertiary alicyclic amines) is 1. The van der Waals surface area contributed by atoms with Gasteiger partial charge in [-0.05, 0) is 47.9 Å². The Morgan fingerprint density at radius 1 is 1.20 bits per heavy atom. The minimum atomic E-state index is -0.0470. The number of hydrogen-bond acceptors (Lipinski definition) is 6. The SMILES string of the molecule is CC(=O)N1C[C@@H]2C(C(=O)Nc3cc4cc(-c5cnccc5C)nc(N)c4cn3)[C@@H]2C1. The maximum Gasteiger partial charge on any atom is 0.229 e. The summed E-state index contributed by atoms with van der Waals surface area (Å²) >= 11 is 0. The van der Waals surface area contributed by atoms with Crippen LogP contribution in [0, 0.1) is 24.7 Å². The van der Waals surface area contributed by atoms with Gasteiger partial charge in [0, 0.05) is 55.5 Å². The van der Waals surface area contributed by atoms with Crippen LogP contribution in [-0.2, 0) is 9.59 Å². The van der Waals surface area contributed by atoms with Crippen LogP contribution in [0.3, 0.4) is 0 Å². The minimum absolute atomic E-state index is 0.0367. The summed E-state index contributed by atoms with van der Waals surface area (Å²) in [6, 6.07) is 5.68. The fraction of sp³-hybridized carbons (Fsp3) is 0.318. The molecule has 3 aromatic heterocycles. The largest absolute Gasteiger partial charge is 0.383 e. The zero-order valence-corrected chi connectivity index (χ0v) is 16.8. The molecule has 0 aromatic carbocycles. The normalized spacial score (nSPS) is 22.1. The average molecular weight is 402 g/mol. The second kappa shape index (κ2) is 6.76. The third kappa shape index (κ3) is 3.04. The molecule has 5 rings (SSSR count). The van der Waals surface area contributed by atoms with E-state index in [1.165, 1.54) is 0 Å². The topological polar surface area (TPSA) is 114 Å². The maximum atomic E-state index is 12.7. The van der Waals surface area contributed by atoms with Gasteiger partial charge in [-0.1, -0.05) is 0 Å². The maximum absolute atomic E-state index is 12.7. The van der Waals surface area contributed by atoms with Crippen LogP contribution in [0.5, 0.6) is 0 Å². The van der Waals surface area contributed by atoms with Crippen LogP contribution in [0.15, 0.2) is 36.8 Å². The summed E-state index contributed by atoms with van der Waals surface area (Å²) in [5.41, 5.74) is 8.86. The molecule has 1 saturated carbocycles. The first-order chi connectivity index (χ1) is 14.4. The van der Waals surface area contributed by atoms with Crippen LogP contribution in [0.2, 0.25) is 0 Å². The van der Waals surface area contributed by atoms with Gasteiger partial charge in [0.1, 0.15) is 11.6 Å². The predicted octanol–water partition coefficient (Wildman–Crippen LogP) is 2.25. The number of carbonyl (C=O) groups excluding carboxylic acids is 2. The molecule has 2 fully saturated rings. The van der Waals surface area contributed by atoms with Crippen LogP contribution < -0.4 is 11.1 Å². The molecule has 8 heteroatoms. The van der Waals surface area contributed by atoms with E-state index in [2.05, 4.69) is 20.3 Å². The quantitative estimate of drug-likeness (QED) is 0.694. The molecular weight excluding hydrogens is 380 g/mol. The van der Waals surface area contributed by atoms with Gasteiger partial charge in [0.25, 0.3) is 0 Å². The lowest BCUT2D eigenvalue weighted by Gasteiger charge is -2.17. The van der Waals surface area contributed by atoms with Crippen molar-refractivity contribution in [3.63, 3.8) is 0 Å². The molecular formula is C22H22N6O2. The van der Waals surface area contributed by atoms with Crippen molar-refractivity contribution in [2.45, 2.75) is 13.8 Å². The molecule has 4 heterocycles. The molecule has 3 atom stereocenters. The molecule has 2 amide bonds. The summed E-state index contributed by atoms with van der Waals surface area (Å²) in [7, 11) is 0. The van der Waals surface area contributed by atoms with Gasteiger partial charge in [-0.25, -0.2) is 9.97 Å². The van der Waals surface area contributed by atoms with Gasteiger partial charge in [0.2, 0.25) is 11.8 Å². The number of pyridine rings is 3. The number of nitrogens with one attached hydrogen (secondary N) is 1. The van der Waals surface area contributed by atoms with Crippen molar-refractivity contribution in [2.24, 2.45) is 17.8 Å². The number of piperidine rings is 1. The Morgan fingerprint density at radius 2 is 1.97 bits per heavy atom. The number of anilines is 2. The second-order valence-electron chi connectivity index (χ2n) is 8.14. The van der Waals surface area contributed by atoms with E-state index in [-0.39, 0.29) is 29.6 Å². The van der Waals surface area contributed by atoms with Crippen LogP contribution in [0.25, 0.3) is 22.0 Å². The first-order valence-corrected chi connectivity index (χ1v) is 9.96. The Bertz CT molecular complexity index is 1180. The summed E-state index contributed by atoms with van der Waals surface area (Å²) in [6.07, 6.45) is 5.14. The van der Waals surface area contributed by atoms with E-state index in [0.29, 0.717) is 24.7 Å². The van der Waals surface area contributed by atoms with Gasteiger partial charge in [-0.2, -0.15) is 0 Å². The Morgan fingerprint density at radius 3 is 2.67 bits per heavy atom. The predicted molar refractivity (Wildman–Crippen MR) is 113 cm³/mol. The highest BCUT2D eigenvalue weighted by Crippen LogP contribution is 2.52. The highest BCUT2D eigenvalue weighted by atomic mass is 16.2. The van der Waals surface area contributed by atoms with E-state index >= 15 is 0 Å². The first-order valence-electron chi connectivity index (χ1n) is 9.96. The number of aryl methyl sites for hydroxylation is 1.